The highest BCUT2D eigenvalue weighted by molar-refractivity contribution is 6.38. The quantitative estimate of drug-likeness (QED) is 0.709. The zero-order valence-electron chi connectivity index (χ0n) is 7.54. The first kappa shape index (κ1) is 7.98. The molecule has 1 aliphatic rings. The lowest BCUT2D eigenvalue weighted by Gasteiger charge is -1.94. The van der Waals surface area contributed by atoms with Gasteiger partial charge in [0.25, 0.3) is 0 Å². The van der Waals surface area contributed by atoms with Crippen molar-refractivity contribution in [2.45, 2.75) is 6.92 Å². The van der Waals surface area contributed by atoms with Crippen LogP contribution in [-0.4, -0.2) is 23.6 Å². The highest BCUT2D eigenvalue weighted by Gasteiger charge is 2.06. The molecule has 13 heavy (non-hydrogen) atoms. The third kappa shape index (κ3) is 1.45. The molecule has 2 rings (SSSR count). The van der Waals surface area contributed by atoms with E-state index in [4.69, 9.17) is 0 Å². The minimum atomic E-state index is 0.552. The molecule has 0 unspecified atom stereocenters. The van der Waals surface area contributed by atoms with Gasteiger partial charge < -0.3 is 4.98 Å². The third-order valence-electron chi connectivity index (χ3n) is 1.96. The zero-order valence-corrected chi connectivity index (χ0v) is 7.54. The molecule has 0 amide bonds. The number of hydrogen-bond donors (Lipinski definition) is 1. The van der Waals surface area contributed by atoms with E-state index in [-0.39, 0.29) is 0 Å². The molecule has 0 saturated heterocycles. The van der Waals surface area contributed by atoms with Crippen molar-refractivity contribution in [2.24, 2.45) is 9.98 Å². The Morgan fingerprint density at radius 2 is 2.38 bits per heavy atom. The minimum absolute atomic E-state index is 0.552. The van der Waals surface area contributed by atoms with Gasteiger partial charge in [-0.25, -0.2) is 0 Å². The maximum absolute atomic E-state index is 4.21. The smallest absolute Gasteiger partial charge is 0.130 e. The van der Waals surface area contributed by atoms with Gasteiger partial charge >= 0.3 is 0 Å². The number of allylic oxidation sites excluding steroid dienone is 1. The van der Waals surface area contributed by atoms with Crippen LogP contribution in [0.2, 0.25) is 0 Å². The van der Waals surface area contributed by atoms with Gasteiger partial charge in [-0.15, -0.1) is 0 Å². The van der Waals surface area contributed by atoms with Crippen molar-refractivity contribution in [3.05, 3.63) is 30.1 Å². The summed E-state index contributed by atoms with van der Waals surface area (Å²) in [6.45, 7) is 6.39. The van der Waals surface area contributed by atoms with Crippen LogP contribution in [0.4, 0.5) is 0 Å². The maximum Gasteiger partial charge on any atom is 0.130 e. The molecule has 0 aromatic carbocycles. The molecule has 2 heterocycles. The van der Waals surface area contributed by atoms with Crippen molar-refractivity contribution in [1.82, 2.24) is 4.98 Å². The Balaban J connectivity index is 2.32. The Hall–Kier alpha value is -1.64. The molecular weight excluding hydrogens is 162 g/mol. The van der Waals surface area contributed by atoms with Crippen LogP contribution < -0.4 is 0 Å². The van der Waals surface area contributed by atoms with Crippen molar-refractivity contribution in [3.63, 3.8) is 0 Å². The van der Waals surface area contributed by atoms with Gasteiger partial charge in [-0.1, -0.05) is 6.58 Å². The number of rotatable bonds is 2. The van der Waals surface area contributed by atoms with Crippen LogP contribution in [-0.2, 0) is 0 Å². The molecule has 1 aromatic rings. The lowest BCUT2D eigenvalue weighted by molar-refractivity contribution is 1.10. The molecule has 1 aromatic heterocycles. The summed E-state index contributed by atoms with van der Waals surface area (Å²) in [6.07, 6.45) is 1.79. The van der Waals surface area contributed by atoms with Crippen molar-refractivity contribution in [1.29, 1.82) is 0 Å². The van der Waals surface area contributed by atoms with Crippen LogP contribution in [0.1, 0.15) is 18.3 Å². The fraction of sp³-hybridized carbons (Fsp3) is 0.200. The van der Waals surface area contributed by atoms with E-state index in [1.807, 2.05) is 19.1 Å². The van der Waals surface area contributed by atoms with Crippen molar-refractivity contribution >= 4 is 17.5 Å². The molecule has 0 radical (unpaired) electrons. The molecular formula is C10H11N3. The van der Waals surface area contributed by atoms with Crippen LogP contribution in [0.3, 0.4) is 0 Å². The Morgan fingerprint density at radius 1 is 1.54 bits per heavy atom. The lowest BCUT2D eigenvalue weighted by Crippen LogP contribution is -1.99. The summed E-state index contributed by atoms with van der Waals surface area (Å²) in [5.74, 6) is 0. The fourth-order valence-corrected chi connectivity index (χ4v) is 1.23. The predicted molar refractivity (Wildman–Crippen MR) is 55.4 cm³/mol. The monoisotopic (exact) mass is 173 g/mol. The van der Waals surface area contributed by atoms with Crippen molar-refractivity contribution in [2.75, 3.05) is 6.67 Å². The fourth-order valence-electron chi connectivity index (χ4n) is 1.23. The summed E-state index contributed by atoms with van der Waals surface area (Å²) in [6, 6.07) is 4.01. The van der Waals surface area contributed by atoms with E-state index in [0.717, 1.165) is 22.7 Å². The highest BCUT2D eigenvalue weighted by Crippen LogP contribution is 2.11. The van der Waals surface area contributed by atoms with Gasteiger partial charge in [0.05, 0.1) is 11.9 Å². The zero-order chi connectivity index (χ0) is 9.26. The summed E-state index contributed by atoms with van der Waals surface area (Å²) in [5, 5.41) is 0. The summed E-state index contributed by atoms with van der Waals surface area (Å²) in [7, 11) is 0. The average molecular weight is 173 g/mol. The molecule has 0 atom stereocenters. The number of hydrogen-bond acceptors (Lipinski definition) is 2. The Morgan fingerprint density at radius 3 is 2.92 bits per heavy atom. The number of nitrogens with one attached hydrogen (secondary N) is 1. The van der Waals surface area contributed by atoms with Gasteiger partial charge in [0.1, 0.15) is 12.4 Å². The first-order chi connectivity index (χ1) is 6.27. The molecule has 0 saturated carbocycles. The molecule has 0 bridgehead atoms. The van der Waals surface area contributed by atoms with Crippen molar-refractivity contribution < 1.29 is 0 Å². The number of aliphatic imine (C=N–C) groups is 2. The van der Waals surface area contributed by atoms with Gasteiger partial charge in [-0.2, -0.15) is 0 Å². The minimum Gasteiger partial charge on any atom is -0.354 e. The molecule has 66 valence electrons. The predicted octanol–water partition coefficient (Wildman–Crippen LogP) is 1.88. The Kier molecular flexibility index (Phi) is 1.85. The van der Waals surface area contributed by atoms with Gasteiger partial charge in [0.15, 0.2) is 0 Å². The normalized spacial score (nSPS) is 14.7. The molecule has 0 aliphatic carbocycles. The third-order valence-corrected chi connectivity index (χ3v) is 1.96. The van der Waals surface area contributed by atoms with Gasteiger partial charge in [0.2, 0.25) is 0 Å². The molecule has 1 N–H and O–H groups in total. The standard InChI is InChI=1S/C10H11N3/c1-7(2)8-3-4-9(13-8)10-5-11-6-12-10/h3-5,13H,1,6H2,2H3. The van der Waals surface area contributed by atoms with Crippen LogP contribution in [0.15, 0.2) is 28.7 Å². The Bertz CT molecular complexity index is 396. The first-order valence-corrected chi connectivity index (χ1v) is 4.17. The molecule has 1 aliphatic heterocycles. The van der Waals surface area contributed by atoms with Crippen LogP contribution in [0.25, 0.3) is 5.57 Å². The first-order valence-electron chi connectivity index (χ1n) is 4.17. The average Bonchev–Trinajstić information content (AvgIpc) is 2.75. The van der Waals surface area contributed by atoms with E-state index in [2.05, 4.69) is 21.5 Å². The van der Waals surface area contributed by atoms with Crippen molar-refractivity contribution in [3.8, 4) is 0 Å². The Labute approximate surface area is 76.9 Å². The molecule has 3 heteroatoms. The second-order valence-electron chi connectivity index (χ2n) is 3.06. The molecule has 0 spiro atoms. The van der Waals surface area contributed by atoms with Crippen LogP contribution >= 0.6 is 0 Å². The van der Waals surface area contributed by atoms with E-state index in [0.29, 0.717) is 6.67 Å². The SMILES string of the molecule is C=C(C)c1ccc(C2=NCN=C2)[nH]1. The second-order valence-corrected chi connectivity index (χ2v) is 3.06. The lowest BCUT2D eigenvalue weighted by atomic mass is 10.2. The van der Waals surface area contributed by atoms with Gasteiger partial charge in [-0.05, 0) is 24.6 Å². The van der Waals surface area contributed by atoms with E-state index in [1.54, 1.807) is 6.21 Å². The number of nitrogens with zero attached hydrogens (tertiary/aromatic N) is 2. The highest BCUT2D eigenvalue weighted by atomic mass is 15.0. The largest absolute Gasteiger partial charge is 0.354 e. The summed E-state index contributed by atoms with van der Waals surface area (Å²) in [4.78, 5) is 11.5. The van der Waals surface area contributed by atoms with Crippen LogP contribution in [0.5, 0.6) is 0 Å². The van der Waals surface area contributed by atoms with E-state index in [1.165, 1.54) is 0 Å². The number of aromatic amines is 1. The topological polar surface area (TPSA) is 40.5 Å². The van der Waals surface area contributed by atoms with E-state index >= 15 is 0 Å². The maximum atomic E-state index is 4.21. The van der Waals surface area contributed by atoms with E-state index in [9.17, 15) is 0 Å². The van der Waals surface area contributed by atoms with Gasteiger partial charge in [0, 0.05) is 5.69 Å². The van der Waals surface area contributed by atoms with E-state index < -0.39 is 0 Å². The summed E-state index contributed by atoms with van der Waals surface area (Å²) in [5.41, 5.74) is 4.02. The number of H-pyrrole nitrogens is 1. The van der Waals surface area contributed by atoms with Gasteiger partial charge in [-0.3, -0.25) is 9.98 Å². The summed E-state index contributed by atoms with van der Waals surface area (Å²) >= 11 is 0. The molecule has 3 nitrogen and oxygen atoms in total. The summed E-state index contributed by atoms with van der Waals surface area (Å²) < 4.78 is 0. The van der Waals surface area contributed by atoms with Crippen LogP contribution in [0, 0.1) is 0 Å². The second kappa shape index (κ2) is 3.01. The molecule has 0 fully saturated rings. The number of aromatic nitrogens is 1.